The predicted molar refractivity (Wildman–Crippen MR) is 160 cm³/mol. The van der Waals surface area contributed by atoms with E-state index >= 15 is 0 Å². The van der Waals surface area contributed by atoms with Crippen molar-refractivity contribution in [3.63, 3.8) is 0 Å². The maximum atomic E-state index is 12.7. The molecule has 0 aromatic heterocycles. The molecule has 4 aliphatic carbocycles. The highest BCUT2D eigenvalue weighted by atomic mass is 16.5. The lowest BCUT2D eigenvalue weighted by molar-refractivity contribution is -0.132. The smallest absolute Gasteiger partial charge is 0.308 e. The molecule has 5 aliphatic rings. The zero-order chi connectivity index (χ0) is 29.7. The van der Waals surface area contributed by atoms with Crippen molar-refractivity contribution >= 4 is 24.1 Å². The van der Waals surface area contributed by atoms with Crippen LogP contribution < -0.4 is 9.47 Å². The van der Waals surface area contributed by atoms with Crippen LogP contribution in [0.25, 0.3) is 11.1 Å². The molecule has 1 aliphatic heterocycles. The first-order chi connectivity index (χ1) is 20.8. The molecule has 43 heavy (non-hydrogen) atoms. The van der Waals surface area contributed by atoms with Gasteiger partial charge in [-0.2, -0.15) is 0 Å². The Morgan fingerprint density at radius 2 is 1.51 bits per heavy atom. The number of aldehydes is 1. The van der Waals surface area contributed by atoms with Crippen molar-refractivity contribution in [1.29, 1.82) is 0 Å². The van der Waals surface area contributed by atoms with Crippen molar-refractivity contribution in [2.45, 2.75) is 57.3 Å². The van der Waals surface area contributed by atoms with Crippen LogP contribution in [0.4, 0.5) is 0 Å². The summed E-state index contributed by atoms with van der Waals surface area (Å²) in [4.78, 5) is 50.5. The summed E-state index contributed by atoms with van der Waals surface area (Å²) in [5.74, 6) is 2.50. The van der Waals surface area contributed by atoms with E-state index < -0.39 is 0 Å². The van der Waals surface area contributed by atoms with E-state index in [0.717, 1.165) is 60.0 Å². The molecule has 0 N–H and O–H groups in total. The molecule has 220 valence electrons. The lowest BCUT2D eigenvalue weighted by Crippen LogP contribution is -2.48. The number of nitrogens with zero attached hydrogens (tertiary/aromatic N) is 1. The van der Waals surface area contributed by atoms with Gasteiger partial charge in [0.05, 0.1) is 17.7 Å². The lowest BCUT2D eigenvalue weighted by atomic mass is 9.48. The molecular formula is C36H35NO6. The Kier molecular flexibility index (Phi) is 6.91. The molecule has 0 unspecified atom stereocenters. The van der Waals surface area contributed by atoms with Gasteiger partial charge in [-0.05, 0) is 110 Å². The number of hydrogen-bond donors (Lipinski definition) is 0. The number of rotatable bonds is 9. The van der Waals surface area contributed by atoms with Gasteiger partial charge in [-0.15, -0.1) is 0 Å². The van der Waals surface area contributed by atoms with E-state index in [0.29, 0.717) is 34.6 Å². The summed E-state index contributed by atoms with van der Waals surface area (Å²) >= 11 is 0. The quantitative estimate of drug-likeness (QED) is 0.0933. The first-order valence-corrected chi connectivity index (χ1v) is 15.3. The number of benzene rings is 3. The molecule has 4 bridgehead atoms. The Morgan fingerprint density at radius 3 is 2.12 bits per heavy atom. The fraction of sp³-hybridized carbons (Fsp3) is 0.389. The van der Waals surface area contributed by atoms with E-state index in [-0.39, 0.29) is 36.4 Å². The Labute approximate surface area is 251 Å². The highest BCUT2D eigenvalue weighted by Gasteiger charge is 2.52. The van der Waals surface area contributed by atoms with Crippen LogP contribution in [0.5, 0.6) is 11.5 Å². The number of fused-ring (bicyclic) bond motifs is 1. The van der Waals surface area contributed by atoms with Gasteiger partial charge in [-0.3, -0.25) is 24.1 Å². The zero-order valence-electron chi connectivity index (χ0n) is 24.3. The van der Waals surface area contributed by atoms with E-state index in [9.17, 15) is 19.2 Å². The Morgan fingerprint density at radius 1 is 0.860 bits per heavy atom. The molecule has 7 heteroatoms. The molecule has 3 aromatic carbocycles. The van der Waals surface area contributed by atoms with Gasteiger partial charge in [0, 0.05) is 30.2 Å². The molecule has 4 fully saturated rings. The number of amides is 2. The minimum Gasteiger partial charge on any atom is -0.493 e. The van der Waals surface area contributed by atoms with E-state index in [1.807, 2.05) is 18.2 Å². The largest absolute Gasteiger partial charge is 0.493 e. The third kappa shape index (κ3) is 4.94. The van der Waals surface area contributed by atoms with Crippen molar-refractivity contribution < 1.29 is 28.7 Å². The third-order valence-corrected chi connectivity index (χ3v) is 9.96. The molecular weight excluding hydrogens is 542 g/mol. The second kappa shape index (κ2) is 10.8. The SMILES string of the molecule is CC(=O)Oc1ccc(-c2ccc(C=O)cc2OCCCN2C(=O)c3ccccc3C2=O)cc1C12CC3CC(CC(C3)C1)C2. The second-order valence-electron chi connectivity index (χ2n) is 12.9. The Bertz CT molecular complexity index is 1570. The summed E-state index contributed by atoms with van der Waals surface area (Å²) in [6.07, 6.45) is 8.56. The Balaban J connectivity index is 1.15. The Hall–Kier alpha value is -4.26. The van der Waals surface area contributed by atoms with Crippen LogP contribution >= 0.6 is 0 Å². The maximum absolute atomic E-state index is 12.7. The van der Waals surface area contributed by atoms with Gasteiger partial charge in [-0.1, -0.05) is 24.3 Å². The molecule has 8 rings (SSSR count). The van der Waals surface area contributed by atoms with Crippen LogP contribution in [-0.2, 0) is 10.2 Å². The monoisotopic (exact) mass is 577 g/mol. The molecule has 0 atom stereocenters. The highest BCUT2D eigenvalue weighted by molar-refractivity contribution is 6.21. The van der Waals surface area contributed by atoms with Gasteiger partial charge in [0.1, 0.15) is 17.8 Å². The van der Waals surface area contributed by atoms with Gasteiger partial charge in [-0.25, -0.2) is 0 Å². The summed E-state index contributed by atoms with van der Waals surface area (Å²) in [6, 6.07) is 18.3. The van der Waals surface area contributed by atoms with Crippen LogP contribution in [-0.4, -0.2) is 42.1 Å². The van der Waals surface area contributed by atoms with Gasteiger partial charge >= 0.3 is 5.97 Å². The lowest BCUT2D eigenvalue weighted by Gasteiger charge is -2.57. The fourth-order valence-corrected chi connectivity index (χ4v) is 8.61. The average molecular weight is 578 g/mol. The topological polar surface area (TPSA) is 90.0 Å². The predicted octanol–water partition coefficient (Wildman–Crippen LogP) is 6.62. The van der Waals surface area contributed by atoms with Gasteiger partial charge in [0.25, 0.3) is 11.8 Å². The van der Waals surface area contributed by atoms with E-state index in [1.54, 1.807) is 36.4 Å². The van der Waals surface area contributed by atoms with Crippen molar-refractivity contribution in [2.24, 2.45) is 17.8 Å². The van der Waals surface area contributed by atoms with Crippen LogP contribution in [0.15, 0.2) is 60.7 Å². The van der Waals surface area contributed by atoms with Crippen molar-refractivity contribution in [3.8, 4) is 22.6 Å². The first-order valence-electron chi connectivity index (χ1n) is 15.3. The number of hydrogen-bond acceptors (Lipinski definition) is 6. The van der Waals surface area contributed by atoms with Crippen LogP contribution in [0.1, 0.15) is 88.5 Å². The summed E-state index contributed by atoms with van der Waals surface area (Å²) in [6.45, 7) is 1.95. The molecule has 1 heterocycles. The van der Waals surface area contributed by atoms with E-state index in [1.165, 1.54) is 31.1 Å². The van der Waals surface area contributed by atoms with Crippen LogP contribution in [0.3, 0.4) is 0 Å². The average Bonchev–Trinajstić information content (AvgIpc) is 3.23. The van der Waals surface area contributed by atoms with E-state index in [4.69, 9.17) is 9.47 Å². The van der Waals surface area contributed by atoms with Gasteiger partial charge in [0.15, 0.2) is 0 Å². The van der Waals surface area contributed by atoms with Crippen molar-refractivity contribution in [2.75, 3.05) is 13.2 Å². The van der Waals surface area contributed by atoms with Gasteiger partial charge in [0.2, 0.25) is 0 Å². The molecule has 7 nitrogen and oxygen atoms in total. The number of carbonyl (C=O) groups is 4. The standard InChI is InChI=1S/C36H35NO6/c1-22(39)43-32-10-8-27(17-31(32)36-18-24-13-25(19-36)15-26(14-24)20-36)28-9-7-23(21-38)16-33(28)42-12-4-11-37-34(40)29-5-2-3-6-30(29)35(37)41/h2-3,5-10,16-17,21,24-26H,4,11-15,18-20H2,1H3. The fourth-order valence-electron chi connectivity index (χ4n) is 8.61. The number of carbonyl (C=O) groups excluding carboxylic acids is 4. The summed E-state index contributed by atoms with van der Waals surface area (Å²) in [7, 11) is 0. The maximum Gasteiger partial charge on any atom is 0.308 e. The first kappa shape index (κ1) is 27.6. The van der Waals surface area contributed by atoms with E-state index in [2.05, 4.69) is 6.07 Å². The number of esters is 1. The molecule has 0 spiro atoms. The summed E-state index contributed by atoms with van der Waals surface area (Å²) in [5, 5.41) is 0. The summed E-state index contributed by atoms with van der Waals surface area (Å²) in [5.41, 5.74) is 4.25. The third-order valence-electron chi connectivity index (χ3n) is 9.96. The minimum absolute atomic E-state index is 0.00564. The number of ether oxygens (including phenoxy) is 2. The van der Waals surface area contributed by atoms with Crippen LogP contribution in [0, 0.1) is 17.8 Å². The van der Waals surface area contributed by atoms with Crippen molar-refractivity contribution in [1.82, 2.24) is 4.90 Å². The zero-order valence-corrected chi connectivity index (χ0v) is 24.3. The molecule has 4 saturated carbocycles. The molecule has 0 saturated heterocycles. The summed E-state index contributed by atoms with van der Waals surface area (Å²) < 4.78 is 12.0. The second-order valence-corrected chi connectivity index (χ2v) is 12.9. The van der Waals surface area contributed by atoms with Crippen molar-refractivity contribution in [3.05, 3.63) is 82.9 Å². The molecule has 2 amide bonds. The normalized spacial score (nSPS) is 25.1. The highest BCUT2D eigenvalue weighted by Crippen LogP contribution is 2.62. The van der Waals surface area contributed by atoms with Crippen LogP contribution in [0.2, 0.25) is 0 Å². The minimum atomic E-state index is -0.323. The molecule has 3 aromatic rings. The number of imide groups is 1. The van der Waals surface area contributed by atoms with Gasteiger partial charge < -0.3 is 9.47 Å². The molecule has 0 radical (unpaired) electrons.